The van der Waals surface area contributed by atoms with Gasteiger partial charge in [0.15, 0.2) is 0 Å². The second-order valence-corrected chi connectivity index (χ2v) is 3.55. The molecule has 15 heavy (non-hydrogen) atoms. The van der Waals surface area contributed by atoms with Gasteiger partial charge in [0.05, 0.1) is 25.4 Å². The van der Waals surface area contributed by atoms with Crippen LogP contribution in [0.2, 0.25) is 0 Å². The molecule has 0 unspecified atom stereocenters. The maximum atomic E-state index is 11.2. The molecule has 0 bridgehead atoms. The van der Waals surface area contributed by atoms with Crippen molar-refractivity contribution in [3.63, 3.8) is 0 Å². The van der Waals surface area contributed by atoms with Crippen LogP contribution in [0.4, 0.5) is 0 Å². The number of hydrogen-bond donors (Lipinski definition) is 0. The Balaban J connectivity index is 2.70. The quantitative estimate of drug-likeness (QED) is 0.713. The molecular weight excluding hydrogens is 192 g/mol. The maximum Gasteiger partial charge on any atom is 0.337 e. The molecule has 1 aromatic rings. The van der Waals surface area contributed by atoms with E-state index in [-0.39, 0.29) is 12.1 Å². The van der Waals surface area contributed by atoms with E-state index in [1.807, 2.05) is 26.0 Å². The number of ether oxygens (including phenoxy) is 2. The minimum absolute atomic E-state index is 0.187. The van der Waals surface area contributed by atoms with Gasteiger partial charge in [-0.2, -0.15) is 0 Å². The average molecular weight is 208 g/mol. The molecule has 0 atom stereocenters. The van der Waals surface area contributed by atoms with E-state index in [4.69, 9.17) is 4.74 Å². The lowest BCUT2D eigenvalue weighted by Crippen LogP contribution is -2.05. The van der Waals surface area contributed by atoms with Crippen LogP contribution in [0.5, 0.6) is 0 Å². The van der Waals surface area contributed by atoms with E-state index >= 15 is 0 Å². The van der Waals surface area contributed by atoms with Gasteiger partial charge in [0.1, 0.15) is 0 Å². The Hall–Kier alpha value is -1.35. The zero-order valence-corrected chi connectivity index (χ0v) is 9.32. The second-order valence-electron chi connectivity index (χ2n) is 3.55. The molecule has 0 saturated carbocycles. The summed E-state index contributed by atoms with van der Waals surface area (Å²) in [6, 6.07) is 7.26. The Labute approximate surface area is 90.0 Å². The van der Waals surface area contributed by atoms with Crippen molar-refractivity contribution in [2.24, 2.45) is 0 Å². The molecule has 1 aromatic carbocycles. The number of carbonyl (C=O) groups excluding carboxylic acids is 1. The summed E-state index contributed by atoms with van der Waals surface area (Å²) >= 11 is 0. The number of hydrogen-bond acceptors (Lipinski definition) is 3. The van der Waals surface area contributed by atoms with Crippen molar-refractivity contribution in [2.45, 2.75) is 26.6 Å². The zero-order valence-electron chi connectivity index (χ0n) is 9.32. The zero-order chi connectivity index (χ0) is 11.3. The smallest absolute Gasteiger partial charge is 0.337 e. The molecule has 0 N–H and O–H groups in total. The lowest BCUT2D eigenvalue weighted by atomic mass is 10.1. The van der Waals surface area contributed by atoms with Crippen LogP contribution in [0.3, 0.4) is 0 Å². The summed E-state index contributed by atoms with van der Waals surface area (Å²) in [5.41, 5.74) is 1.54. The highest BCUT2D eigenvalue weighted by molar-refractivity contribution is 5.89. The molecule has 0 aliphatic carbocycles. The molecule has 0 aliphatic heterocycles. The Morgan fingerprint density at radius 1 is 1.40 bits per heavy atom. The van der Waals surface area contributed by atoms with Crippen molar-refractivity contribution in [3.8, 4) is 0 Å². The highest BCUT2D eigenvalue weighted by atomic mass is 16.5. The van der Waals surface area contributed by atoms with Crippen LogP contribution in [0.1, 0.15) is 29.8 Å². The van der Waals surface area contributed by atoms with Gasteiger partial charge in [-0.1, -0.05) is 12.1 Å². The Kier molecular flexibility index (Phi) is 4.31. The van der Waals surface area contributed by atoms with Crippen molar-refractivity contribution in [2.75, 3.05) is 7.11 Å². The van der Waals surface area contributed by atoms with Gasteiger partial charge in [-0.3, -0.25) is 0 Å². The van der Waals surface area contributed by atoms with Gasteiger partial charge >= 0.3 is 5.97 Å². The van der Waals surface area contributed by atoms with Gasteiger partial charge < -0.3 is 9.47 Å². The lowest BCUT2D eigenvalue weighted by molar-refractivity contribution is 0.0597. The number of rotatable bonds is 4. The van der Waals surface area contributed by atoms with Crippen molar-refractivity contribution in [1.82, 2.24) is 0 Å². The van der Waals surface area contributed by atoms with Crippen molar-refractivity contribution >= 4 is 5.97 Å². The molecule has 0 fully saturated rings. The minimum Gasteiger partial charge on any atom is -0.465 e. The van der Waals surface area contributed by atoms with Crippen LogP contribution >= 0.6 is 0 Å². The first-order valence-corrected chi connectivity index (χ1v) is 4.92. The fourth-order valence-corrected chi connectivity index (χ4v) is 1.17. The molecule has 3 heteroatoms. The van der Waals surface area contributed by atoms with E-state index < -0.39 is 0 Å². The van der Waals surface area contributed by atoms with Gasteiger partial charge in [0.2, 0.25) is 0 Å². The summed E-state index contributed by atoms with van der Waals surface area (Å²) in [7, 11) is 1.37. The van der Waals surface area contributed by atoms with Crippen LogP contribution in [-0.2, 0) is 16.1 Å². The highest BCUT2D eigenvalue weighted by Gasteiger charge is 2.05. The number of benzene rings is 1. The minimum atomic E-state index is -0.318. The third-order valence-electron chi connectivity index (χ3n) is 1.93. The molecule has 3 nitrogen and oxygen atoms in total. The second kappa shape index (κ2) is 5.51. The van der Waals surface area contributed by atoms with Crippen molar-refractivity contribution in [3.05, 3.63) is 35.4 Å². The summed E-state index contributed by atoms with van der Waals surface area (Å²) < 4.78 is 10.1. The molecule has 0 aliphatic rings. The third-order valence-corrected chi connectivity index (χ3v) is 1.93. The highest BCUT2D eigenvalue weighted by Crippen LogP contribution is 2.08. The van der Waals surface area contributed by atoms with E-state index in [0.717, 1.165) is 5.56 Å². The first-order valence-electron chi connectivity index (χ1n) is 4.92. The van der Waals surface area contributed by atoms with Crippen LogP contribution < -0.4 is 0 Å². The van der Waals surface area contributed by atoms with E-state index in [9.17, 15) is 4.79 Å². The van der Waals surface area contributed by atoms with Crippen LogP contribution in [0.25, 0.3) is 0 Å². The first kappa shape index (κ1) is 11.7. The van der Waals surface area contributed by atoms with Gasteiger partial charge in [-0.05, 0) is 31.5 Å². The summed E-state index contributed by atoms with van der Waals surface area (Å²) in [6.07, 6.45) is 0.187. The van der Waals surface area contributed by atoms with Crippen LogP contribution in [0, 0.1) is 0 Å². The molecular formula is C12H16O3. The van der Waals surface area contributed by atoms with E-state index in [0.29, 0.717) is 12.2 Å². The average Bonchev–Trinajstić information content (AvgIpc) is 2.25. The maximum absolute atomic E-state index is 11.2. The Morgan fingerprint density at radius 2 is 2.13 bits per heavy atom. The fraction of sp³-hybridized carbons (Fsp3) is 0.417. The largest absolute Gasteiger partial charge is 0.465 e. The van der Waals surface area contributed by atoms with Crippen molar-refractivity contribution in [1.29, 1.82) is 0 Å². The van der Waals surface area contributed by atoms with E-state index in [1.165, 1.54) is 7.11 Å². The third kappa shape index (κ3) is 3.72. The topological polar surface area (TPSA) is 35.5 Å². The first-order chi connectivity index (χ1) is 7.13. The predicted molar refractivity (Wildman–Crippen MR) is 57.7 cm³/mol. The van der Waals surface area contributed by atoms with Gasteiger partial charge in [0.25, 0.3) is 0 Å². The monoisotopic (exact) mass is 208 g/mol. The summed E-state index contributed by atoms with van der Waals surface area (Å²) in [6.45, 7) is 4.47. The van der Waals surface area contributed by atoms with E-state index in [2.05, 4.69) is 4.74 Å². The van der Waals surface area contributed by atoms with E-state index in [1.54, 1.807) is 12.1 Å². The Bertz CT molecular complexity index is 331. The molecule has 0 spiro atoms. The summed E-state index contributed by atoms with van der Waals surface area (Å²) in [5, 5.41) is 0. The fourth-order valence-electron chi connectivity index (χ4n) is 1.17. The summed E-state index contributed by atoms with van der Waals surface area (Å²) in [5.74, 6) is -0.318. The predicted octanol–water partition coefficient (Wildman–Crippen LogP) is 2.40. The molecule has 0 radical (unpaired) electrons. The van der Waals surface area contributed by atoms with Crippen molar-refractivity contribution < 1.29 is 14.3 Å². The molecule has 0 amide bonds. The number of methoxy groups -OCH3 is 1. The molecule has 1 rings (SSSR count). The molecule has 0 heterocycles. The standard InChI is InChI=1S/C12H16O3/c1-9(2)15-8-10-5-4-6-11(7-10)12(13)14-3/h4-7,9H,8H2,1-3H3. The van der Waals surface area contributed by atoms with Crippen LogP contribution in [0.15, 0.2) is 24.3 Å². The normalized spacial score (nSPS) is 10.4. The summed E-state index contributed by atoms with van der Waals surface area (Å²) in [4.78, 5) is 11.2. The van der Waals surface area contributed by atoms with Gasteiger partial charge in [-0.15, -0.1) is 0 Å². The SMILES string of the molecule is COC(=O)c1cccc(COC(C)C)c1. The molecule has 0 aromatic heterocycles. The number of carbonyl (C=O) groups is 1. The molecule has 0 saturated heterocycles. The Morgan fingerprint density at radius 3 is 2.73 bits per heavy atom. The van der Waals surface area contributed by atoms with Crippen LogP contribution in [-0.4, -0.2) is 19.2 Å². The number of esters is 1. The lowest BCUT2D eigenvalue weighted by Gasteiger charge is -2.08. The molecule has 82 valence electrons. The van der Waals surface area contributed by atoms with Gasteiger partial charge in [0, 0.05) is 0 Å². The van der Waals surface area contributed by atoms with Gasteiger partial charge in [-0.25, -0.2) is 4.79 Å².